The number of hydrogen-bond acceptors (Lipinski definition) is 1. The van der Waals surface area contributed by atoms with Crippen LogP contribution in [0.1, 0.15) is 64.9 Å². The highest BCUT2D eigenvalue weighted by atomic mass is 28.3. The van der Waals surface area contributed by atoms with Crippen LogP contribution in [-0.4, -0.2) is 25.4 Å². The largest absolute Gasteiger partial charge is 0.321 e. The molecule has 0 N–H and O–H groups in total. The fourth-order valence-electron chi connectivity index (χ4n) is 3.62. The van der Waals surface area contributed by atoms with Crippen molar-refractivity contribution < 1.29 is 0 Å². The molecule has 2 heteroatoms. The van der Waals surface area contributed by atoms with Gasteiger partial charge in [-0.1, -0.05) is 103 Å². The summed E-state index contributed by atoms with van der Waals surface area (Å²) in [4.78, 5) is 0. The Morgan fingerprint density at radius 3 is 2.00 bits per heavy atom. The molecule has 0 spiro atoms. The van der Waals surface area contributed by atoms with Gasteiger partial charge >= 0.3 is 0 Å². The van der Waals surface area contributed by atoms with Gasteiger partial charge in [-0.2, -0.15) is 0 Å². The summed E-state index contributed by atoms with van der Waals surface area (Å²) in [5, 5.41) is 0. The van der Waals surface area contributed by atoms with Crippen molar-refractivity contribution >= 4 is 8.24 Å². The average molecular weight is 348 g/mol. The van der Waals surface area contributed by atoms with Crippen molar-refractivity contribution in [2.75, 3.05) is 6.54 Å². The van der Waals surface area contributed by atoms with Crippen molar-refractivity contribution in [2.45, 2.75) is 91.4 Å². The molecule has 1 atom stereocenters. The number of nitrogens with zero attached hydrogens (tertiary/aromatic N) is 1. The molecule has 0 bridgehead atoms. The van der Waals surface area contributed by atoms with E-state index in [0.717, 1.165) is 0 Å². The summed E-state index contributed by atoms with van der Waals surface area (Å²) in [6.45, 7) is 15.9. The first-order chi connectivity index (χ1) is 11.4. The fourth-order valence-corrected chi connectivity index (χ4v) is 5.84. The standard InChI is InChI=1S/C22H41NSi/c1-7-8-9-10-11-15-18-23(24(4,5)6)22(20(2)3)19-21-16-13-12-14-17-21/h12-14,16-17,20,22H,7-11,15,18-19H2,1-6H3. The lowest BCUT2D eigenvalue weighted by Gasteiger charge is -2.43. The highest BCUT2D eigenvalue weighted by Gasteiger charge is 2.31. The smallest absolute Gasteiger partial charge is 0.119 e. The SMILES string of the molecule is CCCCCCCCN(C(Cc1ccccc1)C(C)C)[Si](C)(C)C. The first kappa shape index (κ1) is 21.4. The summed E-state index contributed by atoms with van der Waals surface area (Å²) < 4.78 is 2.91. The molecule has 1 unspecified atom stereocenters. The van der Waals surface area contributed by atoms with Crippen molar-refractivity contribution in [1.29, 1.82) is 0 Å². The van der Waals surface area contributed by atoms with E-state index < -0.39 is 8.24 Å². The van der Waals surface area contributed by atoms with E-state index in [0.29, 0.717) is 12.0 Å². The van der Waals surface area contributed by atoms with E-state index in [1.807, 2.05) is 0 Å². The molecule has 0 aromatic heterocycles. The molecular weight excluding hydrogens is 306 g/mol. The molecule has 1 aromatic rings. The van der Waals surface area contributed by atoms with E-state index in [-0.39, 0.29) is 0 Å². The predicted molar refractivity (Wildman–Crippen MR) is 112 cm³/mol. The lowest BCUT2D eigenvalue weighted by atomic mass is 9.96. The Balaban J connectivity index is 2.68. The first-order valence-corrected chi connectivity index (χ1v) is 13.6. The Bertz CT molecular complexity index is 421. The fraction of sp³-hybridized carbons (Fsp3) is 0.727. The van der Waals surface area contributed by atoms with Gasteiger partial charge in [-0.15, -0.1) is 0 Å². The van der Waals surface area contributed by atoms with Crippen LogP contribution < -0.4 is 0 Å². The molecule has 0 fully saturated rings. The molecule has 0 aliphatic rings. The molecule has 0 saturated carbocycles. The maximum absolute atomic E-state index is 2.91. The van der Waals surface area contributed by atoms with Gasteiger partial charge in [-0.05, 0) is 30.9 Å². The molecular formula is C22H41NSi. The van der Waals surface area contributed by atoms with Gasteiger partial charge in [0.05, 0.1) is 0 Å². The van der Waals surface area contributed by atoms with Gasteiger partial charge in [-0.25, -0.2) is 0 Å². The molecule has 0 amide bonds. The summed E-state index contributed by atoms with van der Waals surface area (Å²) in [7, 11) is -1.31. The van der Waals surface area contributed by atoms with Gasteiger partial charge in [-0.3, -0.25) is 0 Å². The van der Waals surface area contributed by atoms with Crippen LogP contribution in [0.4, 0.5) is 0 Å². The van der Waals surface area contributed by atoms with Crippen LogP contribution in [0.5, 0.6) is 0 Å². The van der Waals surface area contributed by atoms with E-state index in [9.17, 15) is 0 Å². The molecule has 24 heavy (non-hydrogen) atoms. The van der Waals surface area contributed by atoms with Gasteiger partial charge in [0.15, 0.2) is 0 Å². The van der Waals surface area contributed by atoms with E-state index in [4.69, 9.17) is 0 Å². The molecule has 0 radical (unpaired) electrons. The summed E-state index contributed by atoms with van der Waals surface area (Å²) in [5.41, 5.74) is 1.49. The molecule has 1 nitrogen and oxygen atoms in total. The average Bonchev–Trinajstić information content (AvgIpc) is 2.52. The first-order valence-electron chi connectivity index (χ1n) is 10.2. The Labute approximate surface area is 152 Å². The zero-order valence-electron chi connectivity index (χ0n) is 17.1. The quantitative estimate of drug-likeness (QED) is 0.298. The molecule has 0 aliphatic carbocycles. The summed E-state index contributed by atoms with van der Waals surface area (Å²) in [6, 6.07) is 11.7. The second kappa shape index (κ2) is 11.1. The molecule has 0 saturated heterocycles. The van der Waals surface area contributed by atoms with Gasteiger partial charge in [0.1, 0.15) is 8.24 Å². The second-order valence-corrected chi connectivity index (χ2v) is 13.5. The Hall–Kier alpha value is -0.603. The second-order valence-electron chi connectivity index (χ2n) is 8.63. The highest BCUT2D eigenvalue weighted by Crippen LogP contribution is 2.24. The summed E-state index contributed by atoms with van der Waals surface area (Å²) in [5.74, 6) is 0.706. The highest BCUT2D eigenvalue weighted by molar-refractivity contribution is 6.73. The van der Waals surface area contributed by atoms with E-state index in [1.54, 1.807) is 0 Å². The molecule has 1 rings (SSSR count). The monoisotopic (exact) mass is 347 g/mol. The van der Waals surface area contributed by atoms with Crippen LogP contribution in [0.2, 0.25) is 19.6 Å². The van der Waals surface area contributed by atoms with Crippen molar-refractivity contribution in [3.63, 3.8) is 0 Å². The third-order valence-electron chi connectivity index (χ3n) is 5.07. The molecule has 1 aromatic carbocycles. The van der Waals surface area contributed by atoms with Crippen LogP contribution in [0.15, 0.2) is 30.3 Å². The van der Waals surface area contributed by atoms with Crippen molar-refractivity contribution in [3.8, 4) is 0 Å². The molecule has 0 heterocycles. The lowest BCUT2D eigenvalue weighted by Crippen LogP contribution is -2.54. The number of benzene rings is 1. The van der Waals surface area contributed by atoms with Gasteiger partial charge in [0.2, 0.25) is 0 Å². The molecule has 138 valence electrons. The van der Waals surface area contributed by atoms with Crippen LogP contribution >= 0.6 is 0 Å². The third kappa shape index (κ3) is 7.98. The number of unbranched alkanes of at least 4 members (excludes halogenated alkanes) is 5. The van der Waals surface area contributed by atoms with Gasteiger partial charge in [0, 0.05) is 6.04 Å². The minimum absolute atomic E-state index is 0.676. The Morgan fingerprint density at radius 2 is 1.46 bits per heavy atom. The Kier molecular flexibility index (Phi) is 9.91. The lowest BCUT2D eigenvalue weighted by molar-refractivity contribution is 0.244. The van der Waals surface area contributed by atoms with Crippen LogP contribution in [0, 0.1) is 5.92 Å². The minimum Gasteiger partial charge on any atom is -0.321 e. The van der Waals surface area contributed by atoms with E-state index in [1.165, 1.54) is 57.1 Å². The van der Waals surface area contributed by atoms with Crippen molar-refractivity contribution in [2.24, 2.45) is 5.92 Å². The number of rotatable bonds is 12. The van der Waals surface area contributed by atoms with Crippen LogP contribution in [0.25, 0.3) is 0 Å². The summed E-state index contributed by atoms with van der Waals surface area (Å²) in [6.07, 6.45) is 9.54. The summed E-state index contributed by atoms with van der Waals surface area (Å²) >= 11 is 0. The van der Waals surface area contributed by atoms with E-state index in [2.05, 4.69) is 75.3 Å². The number of hydrogen-bond donors (Lipinski definition) is 0. The van der Waals surface area contributed by atoms with Crippen LogP contribution in [0.3, 0.4) is 0 Å². The van der Waals surface area contributed by atoms with Crippen molar-refractivity contribution in [3.05, 3.63) is 35.9 Å². The van der Waals surface area contributed by atoms with Crippen molar-refractivity contribution in [1.82, 2.24) is 4.57 Å². The van der Waals surface area contributed by atoms with Gasteiger partial charge < -0.3 is 4.57 Å². The maximum Gasteiger partial charge on any atom is 0.119 e. The topological polar surface area (TPSA) is 3.24 Å². The third-order valence-corrected chi connectivity index (χ3v) is 7.35. The molecule has 0 aliphatic heterocycles. The van der Waals surface area contributed by atoms with Gasteiger partial charge in [0.25, 0.3) is 0 Å². The maximum atomic E-state index is 2.91. The van der Waals surface area contributed by atoms with E-state index >= 15 is 0 Å². The zero-order valence-corrected chi connectivity index (χ0v) is 18.1. The Morgan fingerprint density at radius 1 is 0.875 bits per heavy atom. The predicted octanol–water partition coefficient (Wildman–Crippen LogP) is 6.75. The zero-order chi connectivity index (χ0) is 18.0. The minimum atomic E-state index is -1.31. The normalized spacial score (nSPS) is 13.7. The van der Waals surface area contributed by atoms with Crippen LogP contribution in [-0.2, 0) is 6.42 Å².